The summed E-state index contributed by atoms with van der Waals surface area (Å²) in [4.78, 5) is 22.3. The van der Waals surface area contributed by atoms with Gasteiger partial charge < -0.3 is 10.4 Å². The van der Waals surface area contributed by atoms with Crippen molar-refractivity contribution in [2.45, 2.75) is 20.3 Å². The van der Waals surface area contributed by atoms with Crippen LogP contribution in [0.1, 0.15) is 19.4 Å². The number of hydrogen-bond acceptors (Lipinski definition) is 2. The Morgan fingerprint density at radius 1 is 1.11 bits per heavy atom. The molecule has 0 bridgehead atoms. The Kier molecular flexibility index (Phi) is 5.11. The summed E-state index contributed by atoms with van der Waals surface area (Å²) in [7, 11) is 0. The number of carboxylic acid groups (broad SMARTS) is 1. The van der Waals surface area contributed by atoms with Crippen molar-refractivity contribution in [3.8, 4) is 0 Å². The second kappa shape index (κ2) is 6.59. The Morgan fingerprint density at radius 3 is 2.28 bits per heavy atom. The van der Waals surface area contributed by atoms with Crippen LogP contribution in [0.15, 0.2) is 41.5 Å². The maximum absolute atomic E-state index is 11.6. The molecule has 0 aliphatic rings. The highest BCUT2D eigenvalue weighted by Crippen LogP contribution is 2.04. The third-order valence-corrected chi connectivity index (χ3v) is 2.77. The first-order chi connectivity index (χ1) is 8.52. The van der Waals surface area contributed by atoms with Crippen LogP contribution in [0, 0.1) is 0 Å². The quantitative estimate of drug-likeness (QED) is 0.779. The third-order valence-electron chi connectivity index (χ3n) is 2.77. The van der Waals surface area contributed by atoms with Crippen LogP contribution in [-0.2, 0) is 16.0 Å². The second-order valence-electron chi connectivity index (χ2n) is 4.05. The number of carbonyl (C=O) groups excluding carboxylic acids is 1. The predicted molar refractivity (Wildman–Crippen MR) is 69.2 cm³/mol. The zero-order chi connectivity index (χ0) is 13.5. The number of carboxylic acids is 1. The Hall–Kier alpha value is -2.10. The van der Waals surface area contributed by atoms with Crippen LogP contribution in [0.4, 0.5) is 0 Å². The van der Waals surface area contributed by atoms with Crippen molar-refractivity contribution >= 4 is 11.9 Å². The molecule has 0 saturated heterocycles. The highest BCUT2D eigenvalue weighted by molar-refractivity contribution is 6.01. The predicted octanol–water partition coefficient (Wildman–Crippen LogP) is 1.77. The summed E-state index contributed by atoms with van der Waals surface area (Å²) >= 11 is 0. The summed E-state index contributed by atoms with van der Waals surface area (Å²) in [6.45, 7) is 3.43. The minimum Gasteiger partial charge on any atom is -0.478 e. The lowest BCUT2D eigenvalue weighted by Crippen LogP contribution is -2.27. The van der Waals surface area contributed by atoms with Gasteiger partial charge in [-0.15, -0.1) is 0 Å². The monoisotopic (exact) mass is 247 g/mol. The van der Waals surface area contributed by atoms with Crippen molar-refractivity contribution in [2.75, 3.05) is 6.54 Å². The van der Waals surface area contributed by atoms with Gasteiger partial charge in [0, 0.05) is 17.7 Å². The van der Waals surface area contributed by atoms with Gasteiger partial charge in [0.2, 0.25) is 5.91 Å². The SMILES string of the molecule is C/C(C(=O)O)=C(/C)C(=O)NCCc1ccccc1. The summed E-state index contributed by atoms with van der Waals surface area (Å²) in [6.07, 6.45) is 0.728. The Labute approximate surface area is 106 Å². The third kappa shape index (κ3) is 4.05. The summed E-state index contributed by atoms with van der Waals surface area (Å²) in [5.41, 5.74) is 1.46. The molecule has 0 atom stereocenters. The second-order valence-corrected chi connectivity index (χ2v) is 4.05. The number of rotatable bonds is 5. The zero-order valence-corrected chi connectivity index (χ0v) is 10.6. The van der Waals surface area contributed by atoms with Gasteiger partial charge in [-0.25, -0.2) is 4.79 Å². The number of amides is 1. The smallest absolute Gasteiger partial charge is 0.331 e. The van der Waals surface area contributed by atoms with E-state index < -0.39 is 5.97 Å². The normalized spacial score (nSPS) is 11.7. The average Bonchev–Trinajstić information content (AvgIpc) is 2.38. The lowest BCUT2D eigenvalue weighted by Gasteiger charge is -2.07. The molecule has 4 heteroatoms. The molecule has 1 amide bonds. The van der Waals surface area contributed by atoms with Crippen molar-refractivity contribution in [1.29, 1.82) is 0 Å². The fraction of sp³-hybridized carbons (Fsp3) is 0.286. The molecule has 0 spiro atoms. The number of hydrogen-bond donors (Lipinski definition) is 2. The van der Waals surface area contributed by atoms with Crippen LogP contribution in [0.25, 0.3) is 0 Å². The molecule has 1 rings (SSSR count). The van der Waals surface area contributed by atoms with Crippen molar-refractivity contribution in [3.63, 3.8) is 0 Å². The highest BCUT2D eigenvalue weighted by atomic mass is 16.4. The maximum Gasteiger partial charge on any atom is 0.331 e. The van der Waals surface area contributed by atoms with E-state index in [-0.39, 0.29) is 17.1 Å². The summed E-state index contributed by atoms with van der Waals surface area (Å²) in [5, 5.41) is 11.5. The molecule has 1 aromatic rings. The van der Waals surface area contributed by atoms with Gasteiger partial charge in [-0.3, -0.25) is 4.79 Å². The topological polar surface area (TPSA) is 66.4 Å². The molecular weight excluding hydrogens is 230 g/mol. The maximum atomic E-state index is 11.6. The van der Waals surface area contributed by atoms with E-state index >= 15 is 0 Å². The standard InChI is InChI=1S/C14H17NO3/c1-10(11(2)14(17)18)13(16)15-9-8-12-6-4-3-5-7-12/h3-7H,8-9H2,1-2H3,(H,15,16)(H,17,18)/b11-10+. The van der Waals surface area contributed by atoms with Gasteiger partial charge in [0.25, 0.3) is 0 Å². The van der Waals surface area contributed by atoms with Gasteiger partial charge in [-0.05, 0) is 25.8 Å². The lowest BCUT2D eigenvalue weighted by atomic mass is 10.1. The fourth-order valence-corrected chi connectivity index (χ4v) is 1.43. The van der Waals surface area contributed by atoms with Crippen LogP contribution in [0.3, 0.4) is 0 Å². The molecule has 4 nitrogen and oxygen atoms in total. The van der Waals surface area contributed by atoms with Crippen LogP contribution in [0.5, 0.6) is 0 Å². The Bertz CT molecular complexity index is 463. The average molecular weight is 247 g/mol. The molecule has 0 saturated carbocycles. The van der Waals surface area contributed by atoms with Crippen LogP contribution < -0.4 is 5.32 Å². The molecule has 18 heavy (non-hydrogen) atoms. The minimum atomic E-state index is -1.06. The van der Waals surface area contributed by atoms with E-state index in [1.807, 2.05) is 30.3 Å². The molecule has 0 aliphatic carbocycles. The summed E-state index contributed by atoms with van der Waals surface area (Å²) in [6, 6.07) is 9.79. The lowest BCUT2D eigenvalue weighted by molar-refractivity contribution is -0.133. The molecule has 96 valence electrons. The van der Waals surface area contributed by atoms with Crippen LogP contribution in [-0.4, -0.2) is 23.5 Å². The van der Waals surface area contributed by atoms with E-state index in [0.29, 0.717) is 6.54 Å². The van der Waals surface area contributed by atoms with E-state index in [9.17, 15) is 9.59 Å². The number of benzene rings is 1. The largest absolute Gasteiger partial charge is 0.478 e. The zero-order valence-electron chi connectivity index (χ0n) is 10.6. The van der Waals surface area contributed by atoms with Gasteiger partial charge >= 0.3 is 5.97 Å². The van der Waals surface area contributed by atoms with Crippen molar-refractivity contribution in [3.05, 3.63) is 47.0 Å². The van der Waals surface area contributed by atoms with Gasteiger partial charge in [-0.2, -0.15) is 0 Å². The van der Waals surface area contributed by atoms with Crippen molar-refractivity contribution < 1.29 is 14.7 Å². The molecular formula is C14H17NO3. The van der Waals surface area contributed by atoms with Crippen molar-refractivity contribution in [1.82, 2.24) is 5.32 Å². The molecule has 0 aliphatic heterocycles. The number of nitrogens with one attached hydrogen (secondary N) is 1. The molecule has 0 radical (unpaired) electrons. The molecule has 0 fully saturated rings. The van der Waals surface area contributed by atoms with E-state index in [1.54, 1.807) is 0 Å². The highest BCUT2D eigenvalue weighted by Gasteiger charge is 2.11. The molecule has 1 aromatic carbocycles. The number of carbonyl (C=O) groups is 2. The first-order valence-corrected chi connectivity index (χ1v) is 5.75. The van der Waals surface area contributed by atoms with Crippen molar-refractivity contribution in [2.24, 2.45) is 0 Å². The molecule has 0 unspecified atom stereocenters. The van der Waals surface area contributed by atoms with Crippen LogP contribution in [0.2, 0.25) is 0 Å². The Balaban J connectivity index is 2.48. The van der Waals surface area contributed by atoms with E-state index in [2.05, 4.69) is 5.32 Å². The van der Waals surface area contributed by atoms with Gasteiger partial charge in [0.1, 0.15) is 0 Å². The van der Waals surface area contributed by atoms with Gasteiger partial charge in [0.05, 0.1) is 0 Å². The van der Waals surface area contributed by atoms with E-state index in [0.717, 1.165) is 12.0 Å². The minimum absolute atomic E-state index is 0.0761. The molecule has 0 heterocycles. The van der Waals surface area contributed by atoms with E-state index in [1.165, 1.54) is 13.8 Å². The van der Waals surface area contributed by atoms with E-state index in [4.69, 9.17) is 5.11 Å². The molecule has 2 N–H and O–H groups in total. The fourth-order valence-electron chi connectivity index (χ4n) is 1.43. The van der Waals surface area contributed by atoms with Crippen LogP contribution >= 0.6 is 0 Å². The van der Waals surface area contributed by atoms with Gasteiger partial charge in [0.15, 0.2) is 0 Å². The summed E-state index contributed by atoms with van der Waals surface area (Å²) < 4.78 is 0. The number of aliphatic carboxylic acids is 1. The first-order valence-electron chi connectivity index (χ1n) is 5.75. The Morgan fingerprint density at radius 2 is 1.72 bits per heavy atom. The summed E-state index contributed by atoms with van der Waals surface area (Å²) in [5.74, 6) is -1.39. The van der Waals surface area contributed by atoms with Gasteiger partial charge in [-0.1, -0.05) is 30.3 Å². The first kappa shape index (κ1) is 14.0. The molecule has 0 aromatic heterocycles.